The number of hydrogen-bond donors (Lipinski definition) is 4. The summed E-state index contributed by atoms with van der Waals surface area (Å²) in [4.78, 5) is 56.7. The van der Waals surface area contributed by atoms with Gasteiger partial charge in [-0.05, 0) is 98.1 Å². The first kappa shape index (κ1) is 38.8. The summed E-state index contributed by atoms with van der Waals surface area (Å²) in [5.41, 5.74) is 5.52. The third-order valence-corrected chi connectivity index (χ3v) is 10.3. The van der Waals surface area contributed by atoms with Gasteiger partial charge in [0.25, 0.3) is 0 Å². The minimum atomic E-state index is -0.546. The lowest BCUT2D eigenvalue weighted by atomic mass is 10.1. The molecule has 5 heterocycles. The molecule has 2 saturated heterocycles. The van der Waals surface area contributed by atoms with Crippen molar-refractivity contribution in [2.24, 2.45) is 0 Å². The van der Waals surface area contributed by atoms with E-state index in [1.165, 1.54) is 19.4 Å². The number of carbonyl (C=O) groups excluding carboxylic acids is 2. The first-order chi connectivity index (χ1) is 27.6. The predicted octanol–water partition coefficient (Wildman–Crippen LogP) is 5.41. The van der Waals surface area contributed by atoms with Crippen LogP contribution in [-0.4, -0.2) is 80.6 Å². The number of rotatable bonds is 9. The fourth-order valence-electron chi connectivity index (χ4n) is 7.43. The van der Waals surface area contributed by atoms with Gasteiger partial charge in [0.1, 0.15) is 22.5 Å². The fraction of sp³-hybridized carbons (Fsp3) is 0.326. The highest BCUT2D eigenvalue weighted by Crippen LogP contribution is 2.26. The van der Waals surface area contributed by atoms with Crippen LogP contribution in [0.1, 0.15) is 37.8 Å². The number of fused-ring (bicyclic) bond motifs is 3. The molecule has 0 saturated carbocycles. The zero-order valence-electron chi connectivity index (χ0n) is 32.2. The lowest BCUT2D eigenvalue weighted by Crippen LogP contribution is -2.46. The van der Waals surface area contributed by atoms with E-state index in [4.69, 9.17) is 8.83 Å². The van der Waals surface area contributed by atoms with Gasteiger partial charge in [-0.1, -0.05) is 0 Å². The van der Waals surface area contributed by atoms with Crippen LogP contribution < -0.4 is 37.0 Å². The summed E-state index contributed by atoms with van der Waals surface area (Å²) < 4.78 is 10.6. The number of H-pyrrole nitrogens is 1. The lowest BCUT2D eigenvalue weighted by molar-refractivity contribution is -0.115. The zero-order chi connectivity index (χ0) is 39.9. The SMILES string of the molecule is CC(=O)Nc1cc2cc(N3CCN(CCCCc4c[nH]c5ccc(C#N)cc45)CC3)ccc2oc1=O.CC(=O)Nc1cc2cc(N3CCNCC3)ccc2oc1=O. The molecular formula is C43H46N8O6. The standard InChI is InChI=1S/C28H29N5O3.C15H17N3O3/c1-19(34)31-26-16-22-15-23(6-8-27(22)36-28(26)35)33-12-10-32(11-13-33)9-3-2-4-21-18-30-25-7-5-20(17-29)14-24(21)25;1-10(19)17-13-9-11-8-12(18-6-4-16-5-7-18)2-3-14(11)21-15(13)20/h5-8,14-16,18,30H,2-4,9-13H2,1H3,(H,31,34);2-3,8-9,16H,4-7H2,1H3,(H,17,19). The van der Waals surface area contributed by atoms with E-state index in [1.54, 1.807) is 18.2 Å². The second kappa shape index (κ2) is 17.6. The molecule has 0 unspecified atom stereocenters. The van der Waals surface area contributed by atoms with Crippen molar-refractivity contribution in [3.05, 3.63) is 105 Å². The Kier molecular flexibility index (Phi) is 12.0. The smallest absolute Gasteiger partial charge is 0.360 e. The van der Waals surface area contributed by atoms with Crippen molar-refractivity contribution in [3.63, 3.8) is 0 Å². The predicted molar refractivity (Wildman–Crippen MR) is 223 cm³/mol. The Morgan fingerprint density at radius 1 is 0.737 bits per heavy atom. The topological polar surface area (TPSA) is 180 Å². The molecule has 0 radical (unpaired) electrons. The summed E-state index contributed by atoms with van der Waals surface area (Å²) in [6.07, 6.45) is 5.31. The molecule has 57 heavy (non-hydrogen) atoms. The molecular weight excluding hydrogens is 725 g/mol. The third-order valence-electron chi connectivity index (χ3n) is 10.3. The first-order valence-electron chi connectivity index (χ1n) is 19.3. The molecule has 0 bridgehead atoms. The molecule has 0 atom stereocenters. The maximum absolute atomic E-state index is 12.0. The van der Waals surface area contributed by atoms with Gasteiger partial charge in [0.15, 0.2) is 0 Å². The maximum atomic E-state index is 12.0. The van der Waals surface area contributed by atoms with Crippen LogP contribution in [0.15, 0.2) is 91.4 Å². The van der Waals surface area contributed by atoms with E-state index >= 15 is 0 Å². The zero-order valence-corrected chi connectivity index (χ0v) is 32.2. The molecule has 3 aromatic heterocycles. The van der Waals surface area contributed by atoms with Crippen LogP contribution in [0.25, 0.3) is 32.8 Å². The van der Waals surface area contributed by atoms with Gasteiger partial charge in [-0.2, -0.15) is 5.26 Å². The average Bonchev–Trinajstić information content (AvgIpc) is 3.62. The van der Waals surface area contributed by atoms with Crippen LogP contribution in [0.4, 0.5) is 22.7 Å². The van der Waals surface area contributed by atoms with E-state index in [2.05, 4.69) is 47.9 Å². The monoisotopic (exact) mass is 770 g/mol. The number of piperazine rings is 2. The number of aromatic nitrogens is 1. The van der Waals surface area contributed by atoms with Gasteiger partial charge in [-0.25, -0.2) is 9.59 Å². The van der Waals surface area contributed by atoms with E-state index in [0.717, 1.165) is 111 Å². The molecule has 2 amide bonds. The van der Waals surface area contributed by atoms with Crippen molar-refractivity contribution in [2.45, 2.75) is 33.1 Å². The van der Waals surface area contributed by atoms with Crippen molar-refractivity contribution >= 4 is 67.4 Å². The van der Waals surface area contributed by atoms with Crippen molar-refractivity contribution in [2.75, 3.05) is 79.3 Å². The number of nitrogens with one attached hydrogen (secondary N) is 4. The van der Waals surface area contributed by atoms with Gasteiger partial charge >= 0.3 is 11.3 Å². The molecule has 14 heteroatoms. The molecule has 3 aromatic carbocycles. The quantitative estimate of drug-likeness (QED) is 0.109. The normalized spacial score (nSPS) is 14.6. The number of unbranched alkanes of at least 4 members (excludes halogenated alkanes) is 1. The van der Waals surface area contributed by atoms with Gasteiger partial charge in [0.2, 0.25) is 11.8 Å². The van der Waals surface area contributed by atoms with E-state index in [9.17, 15) is 24.4 Å². The second-order valence-corrected chi connectivity index (χ2v) is 14.4. The second-order valence-electron chi connectivity index (χ2n) is 14.4. The molecule has 0 aliphatic carbocycles. The molecule has 6 aromatic rings. The molecule has 2 fully saturated rings. The number of hydrogen-bond acceptors (Lipinski definition) is 11. The largest absolute Gasteiger partial charge is 0.421 e. The summed E-state index contributed by atoms with van der Waals surface area (Å²) in [6.45, 7) is 11.5. The molecule has 14 nitrogen and oxygen atoms in total. The molecule has 2 aliphatic heterocycles. The van der Waals surface area contributed by atoms with E-state index in [1.807, 2.05) is 48.5 Å². The van der Waals surface area contributed by atoms with Crippen LogP contribution in [0.3, 0.4) is 0 Å². The van der Waals surface area contributed by atoms with Gasteiger partial charge < -0.3 is 39.6 Å². The minimum absolute atomic E-state index is 0.162. The van der Waals surface area contributed by atoms with Gasteiger partial charge in [0.05, 0.1) is 11.6 Å². The lowest BCUT2D eigenvalue weighted by Gasteiger charge is -2.36. The summed E-state index contributed by atoms with van der Waals surface area (Å²) in [7, 11) is 0. The van der Waals surface area contributed by atoms with Gasteiger partial charge in [0, 0.05) is 105 Å². The highest BCUT2D eigenvalue weighted by Gasteiger charge is 2.18. The van der Waals surface area contributed by atoms with Crippen LogP contribution in [0.5, 0.6) is 0 Å². The Bertz CT molecular complexity index is 2570. The van der Waals surface area contributed by atoms with Crippen LogP contribution in [-0.2, 0) is 16.0 Å². The number of benzene rings is 3. The molecule has 2 aliphatic rings. The average molecular weight is 771 g/mol. The fourth-order valence-corrected chi connectivity index (χ4v) is 7.43. The van der Waals surface area contributed by atoms with Crippen LogP contribution >= 0.6 is 0 Å². The van der Waals surface area contributed by atoms with Crippen molar-refractivity contribution in [1.82, 2.24) is 15.2 Å². The van der Waals surface area contributed by atoms with Gasteiger partial charge in [-0.15, -0.1) is 0 Å². The Morgan fingerprint density at radius 2 is 1.32 bits per heavy atom. The Balaban J connectivity index is 0.000000200. The Morgan fingerprint density at radius 3 is 1.88 bits per heavy atom. The minimum Gasteiger partial charge on any atom is -0.421 e. The van der Waals surface area contributed by atoms with E-state index in [0.29, 0.717) is 16.7 Å². The molecule has 294 valence electrons. The summed E-state index contributed by atoms with van der Waals surface area (Å²) in [5, 5.41) is 20.3. The summed E-state index contributed by atoms with van der Waals surface area (Å²) in [6, 6.07) is 22.9. The van der Waals surface area contributed by atoms with E-state index in [-0.39, 0.29) is 23.2 Å². The number of nitrogens with zero attached hydrogens (tertiary/aromatic N) is 4. The number of anilines is 4. The van der Waals surface area contributed by atoms with Crippen molar-refractivity contribution in [1.29, 1.82) is 5.26 Å². The highest BCUT2D eigenvalue weighted by atomic mass is 16.4. The molecule has 8 rings (SSSR count). The van der Waals surface area contributed by atoms with E-state index < -0.39 is 11.3 Å². The Hall–Kier alpha value is -6.43. The number of carbonyl (C=O) groups is 2. The van der Waals surface area contributed by atoms with Gasteiger partial charge in [-0.3, -0.25) is 14.5 Å². The van der Waals surface area contributed by atoms with Crippen LogP contribution in [0.2, 0.25) is 0 Å². The summed E-state index contributed by atoms with van der Waals surface area (Å²) in [5.74, 6) is -0.594. The third kappa shape index (κ3) is 9.52. The van der Waals surface area contributed by atoms with Crippen molar-refractivity contribution < 1.29 is 18.4 Å². The number of nitriles is 1. The first-order valence-corrected chi connectivity index (χ1v) is 19.3. The molecule has 4 N–H and O–H groups in total. The number of aryl methyl sites for hydroxylation is 1. The van der Waals surface area contributed by atoms with Crippen molar-refractivity contribution in [3.8, 4) is 6.07 Å². The molecule has 0 spiro atoms. The number of amides is 2. The summed E-state index contributed by atoms with van der Waals surface area (Å²) >= 11 is 0. The maximum Gasteiger partial charge on any atom is 0.360 e. The number of aromatic amines is 1. The highest BCUT2D eigenvalue weighted by molar-refractivity contribution is 5.92. The Labute approximate surface area is 329 Å². The van der Waals surface area contributed by atoms with Crippen LogP contribution in [0, 0.1) is 11.3 Å².